The van der Waals surface area contributed by atoms with Gasteiger partial charge in [0.05, 0.1) is 17.6 Å². The molecule has 3 aliphatic rings. The van der Waals surface area contributed by atoms with Gasteiger partial charge in [0.25, 0.3) is 0 Å². The van der Waals surface area contributed by atoms with Gasteiger partial charge in [0, 0.05) is 11.8 Å². The molecule has 4 heteroatoms. The minimum absolute atomic E-state index is 0.0335. The molecule has 2 saturated carbocycles. The standard InChI is InChI=1S/C15H24O4/c1-8-9-4-6-14(2)7-5-10(16)15(3,18)12(14)11(9)19-13(8)17/h8-12,16,18H,4-7H2,1-3H3/t8-,9-,10-,11-,12+,14-,15+/m0/s1. The summed E-state index contributed by atoms with van der Waals surface area (Å²) in [5.41, 5.74) is -1.20. The highest BCUT2D eigenvalue weighted by Crippen LogP contribution is 2.58. The van der Waals surface area contributed by atoms with Gasteiger partial charge in [-0.1, -0.05) is 13.8 Å². The quantitative estimate of drug-likeness (QED) is 0.653. The number of hydrogen-bond acceptors (Lipinski definition) is 4. The fourth-order valence-electron chi connectivity index (χ4n) is 4.85. The van der Waals surface area contributed by atoms with E-state index in [2.05, 4.69) is 6.92 Å². The summed E-state index contributed by atoms with van der Waals surface area (Å²) in [6.45, 7) is 5.80. The maximum absolute atomic E-state index is 11.8. The van der Waals surface area contributed by atoms with Gasteiger partial charge in [-0.25, -0.2) is 0 Å². The van der Waals surface area contributed by atoms with Gasteiger partial charge in [-0.3, -0.25) is 4.79 Å². The van der Waals surface area contributed by atoms with E-state index in [0.29, 0.717) is 6.42 Å². The molecule has 0 aromatic heterocycles. The third kappa shape index (κ3) is 1.69. The van der Waals surface area contributed by atoms with Crippen LogP contribution in [0.15, 0.2) is 0 Å². The molecule has 0 aromatic rings. The number of ether oxygens (including phenoxy) is 1. The van der Waals surface area contributed by atoms with Crippen molar-refractivity contribution in [3.05, 3.63) is 0 Å². The van der Waals surface area contributed by atoms with Crippen LogP contribution in [0.5, 0.6) is 0 Å². The van der Waals surface area contributed by atoms with Crippen LogP contribution in [0.25, 0.3) is 0 Å². The zero-order valence-corrected chi connectivity index (χ0v) is 11.9. The van der Waals surface area contributed by atoms with E-state index in [9.17, 15) is 15.0 Å². The summed E-state index contributed by atoms with van der Waals surface area (Å²) < 4.78 is 5.59. The number of rotatable bonds is 0. The lowest BCUT2D eigenvalue weighted by Crippen LogP contribution is -2.63. The Balaban J connectivity index is 2.00. The monoisotopic (exact) mass is 268 g/mol. The highest BCUT2D eigenvalue weighted by atomic mass is 16.6. The molecule has 7 atom stereocenters. The molecule has 0 radical (unpaired) electrons. The first-order valence-electron chi connectivity index (χ1n) is 7.38. The van der Waals surface area contributed by atoms with Gasteiger partial charge in [0.2, 0.25) is 0 Å². The fourth-order valence-corrected chi connectivity index (χ4v) is 4.85. The Morgan fingerprint density at radius 1 is 1.26 bits per heavy atom. The maximum Gasteiger partial charge on any atom is 0.309 e. The van der Waals surface area contributed by atoms with Gasteiger partial charge in [-0.15, -0.1) is 0 Å². The largest absolute Gasteiger partial charge is 0.461 e. The summed E-state index contributed by atoms with van der Waals surface area (Å²) in [5, 5.41) is 20.9. The second-order valence-corrected chi connectivity index (χ2v) is 7.30. The molecule has 3 fully saturated rings. The maximum atomic E-state index is 11.8. The van der Waals surface area contributed by atoms with Crippen LogP contribution in [-0.4, -0.2) is 34.0 Å². The number of aliphatic hydroxyl groups is 2. The molecule has 2 N–H and O–H groups in total. The fraction of sp³-hybridized carbons (Fsp3) is 0.933. The lowest BCUT2D eigenvalue weighted by molar-refractivity contribution is -0.218. The Labute approximate surface area is 114 Å². The zero-order valence-electron chi connectivity index (χ0n) is 11.9. The van der Waals surface area contributed by atoms with Crippen LogP contribution in [0.1, 0.15) is 46.5 Å². The number of esters is 1. The topological polar surface area (TPSA) is 66.8 Å². The van der Waals surface area contributed by atoms with Crippen LogP contribution < -0.4 is 0 Å². The molecule has 0 bridgehead atoms. The molecule has 19 heavy (non-hydrogen) atoms. The van der Waals surface area contributed by atoms with Crippen molar-refractivity contribution >= 4 is 5.97 Å². The summed E-state index contributed by atoms with van der Waals surface area (Å²) >= 11 is 0. The predicted molar refractivity (Wildman–Crippen MR) is 69.2 cm³/mol. The van der Waals surface area contributed by atoms with Crippen molar-refractivity contribution < 1.29 is 19.7 Å². The van der Waals surface area contributed by atoms with E-state index >= 15 is 0 Å². The molecule has 3 rings (SSSR count). The van der Waals surface area contributed by atoms with E-state index in [1.807, 2.05) is 6.92 Å². The van der Waals surface area contributed by atoms with Gasteiger partial charge in [0.1, 0.15) is 6.10 Å². The first-order chi connectivity index (χ1) is 8.77. The molecule has 2 aliphatic carbocycles. The number of carbonyl (C=O) groups is 1. The predicted octanol–water partition coefficient (Wildman–Crippen LogP) is 1.49. The SMILES string of the molecule is C[C@@H]1C(=O)O[C@H]2[C@H]1CC[C@@]1(C)CC[C@H](O)[C@@](C)(O)[C@H]21. The molecule has 1 heterocycles. The Kier molecular flexibility index (Phi) is 2.78. The van der Waals surface area contributed by atoms with E-state index in [1.165, 1.54) is 0 Å². The Morgan fingerprint density at radius 3 is 2.58 bits per heavy atom. The van der Waals surface area contributed by atoms with Crippen LogP contribution in [0.2, 0.25) is 0 Å². The van der Waals surface area contributed by atoms with Crippen molar-refractivity contribution in [1.82, 2.24) is 0 Å². The normalized spacial score (nSPS) is 57.3. The molecule has 1 aliphatic heterocycles. The van der Waals surface area contributed by atoms with Crippen LogP contribution in [0.3, 0.4) is 0 Å². The van der Waals surface area contributed by atoms with Crippen LogP contribution in [-0.2, 0) is 9.53 Å². The van der Waals surface area contributed by atoms with Crippen molar-refractivity contribution in [2.45, 2.75) is 64.3 Å². The summed E-state index contributed by atoms with van der Waals surface area (Å²) in [6, 6.07) is 0. The smallest absolute Gasteiger partial charge is 0.309 e. The minimum Gasteiger partial charge on any atom is -0.461 e. The summed E-state index contributed by atoms with van der Waals surface area (Å²) in [5.74, 6) is -0.182. The van der Waals surface area contributed by atoms with E-state index in [4.69, 9.17) is 4.74 Å². The molecular formula is C15H24O4. The van der Waals surface area contributed by atoms with E-state index in [1.54, 1.807) is 6.92 Å². The van der Waals surface area contributed by atoms with Crippen LogP contribution >= 0.6 is 0 Å². The Hall–Kier alpha value is -0.610. The van der Waals surface area contributed by atoms with E-state index in [-0.39, 0.29) is 35.2 Å². The van der Waals surface area contributed by atoms with Crippen molar-refractivity contribution in [3.8, 4) is 0 Å². The van der Waals surface area contributed by atoms with Crippen molar-refractivity contribution in [2.75, 3.05) is 0 Å². The molecule has 0 spiro atoms. The zero-order chi connectivity index (χ0) is 14.0. The molecule has 108 valence electrons. The minimum atomic E-state index is -1.17. The first-order valence-corrected chi connectivity index (χ1v) is 7.38. The third-order valence-electron chi connectivity index (χ3n) is 6.11. The van der Waals surface area contributed by atoms with Gasteiger partial charge in [0.15, 0.2) is 0 Å². The molecule has 0 aromatic carbocycles. The van der Waals surface area contributed by atoms with Crippen molar-refractivity contribution in [1.29, 1.82) is 0 Å². The van der Waals surface area contributed by atoms with Crippen molar-refractivity contribution in [2.24, 2.45) is 23.2 Å². The van der Waals surface area contributed by atoms with Gasteiger partial charge in [-0.05, 0) is 38.0 Å². The number of aliphatic hydroxyl groups excluding tert-OH is 1. The third-order valence-corrected chi connectivity index (χ3v) is 6.11. The average molecular weight is 268 g/mol. The van der Waals surface area contributed by atoms with Crippen LogP contribution in [0.4, 0.5) is 0 Å². The van der Waals surface area contributed by atoms with Gasteiger partial charge >= 0.3 is 5.97 Å². The second kappa shape index (κ2) is 3.95. The number of carbonyl (C=O) groups excluding carboxylic acids is 1. The first kappa shape index (κ1) is 13.4. The average Bonchev–Trinajstić information content (AvgIpc) is 2.60. The van der Waals surface area contributed by atoms with E-state index in [0.717, 1.165) is 19.3 Å². The summed E-state index contributed by atoms with van der Waals surface area (Å²) in [4.78, 5) is 11.8. The lowest BCUT2D eigenvalue weighted by atomic mass is 9.51. The van der Waals surface area contributed by atoms with Gasteiger partial charge < -0.3 is 14.9 Å². The number of fused-ring (bicyclic) bond motifs is 3. The highest BCUT2D eigenvalue weighted by Gasteiger charge is 2.63. The second-order valence-electron chi connectivity index (χ2n) is 7.30. The molecule has 1 saturated heterocycles. The summed E-state index contributed by atoms with van der Waals surface area (Å²) in [6.07, 6.45) is 2.55. The molecular weight excluding hydrogens is 244 g/mol. The molecule has 0 amide bonds. The highest BCUT2D eigenvalue weighted by molar-refractivity contribution is 5.75. The summed E-state index contributed by atoms with van der Waals surface area (Å²) in [7, 11) is 0. The van der Waals surface area contributed by atoms with Crippen LogP contribution in [0, 0.1) is 23.2 Å². The number of hydrogen-bond donors (Lipinski definition) is 2. The van der Waals surface area contributed by atoms with E-state index < -0.39 is 11.7 Å². The van der Waals surface area contributed by atoms with Crippen molar-refractivity contribution in [3.63, 3.8) is 0 Å². The van der Waals surface area contributed by atoms with Gasteiger partial charge in [-0.2, -0.15) is 0 Å². The lowest BCUT2D eigenvalue weighted by Gasteiger charge is -2.57. The molecule has 4 nitrogen and oxygen atoms in total. The Bertz CT molecular complexity index is 400. The molecule has 0 unspecified atom stereocenters. The Morgan fingerprint density at radius 2 is 1.89 bits per heavy atom.